The van der Waals surface area contributed by atoms with Crippen molar-refractivity contribution in [3.05, 3.63) is 54.0 Å². The number of hydrogen-bond donors (Lipinski definition) is 2. The predicted molar refractivity (Wildman–Crippen MR) is 79.4 cm³/mol. The lowest BCUT2D eigenvalue weighted by Gasteiger charge is -2.07. The van der Waals surface area contributed by atoms with E-state index in [4.69, 9.17) is 4.42 Å². The topological polar surface area (TPSA) is 88.4 Å². The maximum Gasteiger partial charge on any atom is 0.251 e. The molecule has 1 aromatic heterocycles. The molecule has 0 fully saturated rings. The van der Waals surface area contributed by atoms with Crippen LogP contribution in [0.1, 0.15) is 23.0 Å². The van der Waals surface area contributed by atoms with Gasteiger partial charge in [-0.05, 0) is 43.3 Å². The van der Waals surface area contributed by atoms with Gasteiger partial charge in [0.15, 0.2) is 0 Å². The minimum Gasteiger partial charge on any atom is -0.467 e. The molecule has 2 rings (SSSR count). The normalized spacial score (nSPS) is 11.1. The molecular weight excluding hydrogens is 292 g/mol. The second-order valence-electron chi connectivity index (χ2n) is 4.34. The molecule has 0 radical (unpaired) electrons. The van der Waals surface area contributed by atoms with E-state index in [9.17, 15) is 13.2 Å². The lowest BCUT2D eigenvalue weighted by atomic mass is 10.2. The first-order valence-corrected chi connectivity index (χ1v) is 8.06. The van der Waals surface area contributed by atoms with Crippen molar-refractivity contribution in [3.63, 3.8) is 0 Å². The highest BCUT2D eigenvalue weighted by Crippen LogP contribution is 2.11. The van der Waals surface area contributed by atoms with Crippen LogP contribution in [0.5, 0.6) is 0 Å². The van der Waals surface area contributed by atoms with Crippen molar-refractivity contribution in [1.29, 1.82) is 0 Å². The van der Waals surface area contributed by atoms with Gasteiger partial charge in [-0.3, -0.25) is 9.52 Å². The Morgan fingerprint density at radius 2 is 1.90 bits per heavy atom. The Kier molecular flexibility index (Phi) is 4.64. The molecule has 1 aromatic carbocycles. The quantitative estimate of drug-likeness (QED) is 0.854. The van der Waals surface area contributed by atoms with Crippen LogP contribution in [0.15, 0.2) is 47.1 Å². The first kappa shape index (κ1) is 15.1. The molecule has 0 aliphatic heterocycles. The Labute approximate surface area is 123 Å². The Hall–Kier alpha value is -2.28. The average molecular weight is 308 g/mol. The summed E-state index contributed by atoms with van der Waals surface area (Å²) in [4.78, 5) is 11.9. The average Bonchev–Trinajstić information content (AvgIpc) is 2.98. The van der Waals surface area contributed by atoms with Gasteiger partial charge in [0.2, 0.25) is 10.0 Å². The van der Waals surface area contributed by atoms with Gasteiger partial charge < -0.3 is 9.73 Å². The molecule has 2 N–H and O–H groups in total. The fraction of sp³-hybridized carbons (Fsp3) is 0.214. The van der Waals surface area contributed by atoms with Crippen LogP contribution in [0.2, 0.25) is 0 Å². The molecule has 2 aromatic rings. The van der Waals surface area contributed by atoms with E-state index in [1.165, 1.54) is 6.26 Å². The van der Waals surface area contributed by atoms with E-state index in [1.54, 1.807) is 43.3 Å². The molecule has 0 saturated carbocycles. The number of benzene rings is 1. The Morgan fingerprint density at radius 1 is 1.19 bits per heavy atom. The van der Waals surface area contributed by atoms with Gasteiger partial charge in [0.25, 0.3) is 5.91 Å². The molecule has 0 aliphatic rings. The molecule has 7 heteroatoms. The predicted octanol–water partition coefficient (Wildman–Crippen LogP) is 1.97. The van der Waals surface area contributed by atoms with Crippen molar-refractivity contribution in [3.8, 4) is 0 Å². The highest BCUT2D eigenvalue weighted by atomic mass is 32.2. The first-order chi connectivity index (χ1) is 10.00. The van der Waals surface area contributed by atoms with E-state index >= 15 is 0 Å². The third kappa shape index (κ3) is 4.35. The van der Waals surface area contributed by atoms with E-state index in [-0.39, 0.29) is 11.7 Å². The molecule has 6 nitrogen and oxygen atoms in total. The molecule has 21 heavy (non-hydrogen) atoms. The Balaban J connectivity index is 1.96. The molecule has 1 heterocycles. The molecule has 0 aliphatic carbocycles. The molecule has 112 valence electrons. The number of furan rings is 1. The van der Waals surface area contributed by atoms with Gasteiger partial charge in [-0.2, -0.15) is 0 Å². The van der Waals surface area contributed by atoms with Crippen molar-refractivity contribution in [2.24, 2.45) is 0 Å². The number of sulfonamides is 1. The molecule has 0 unspecified atom stereocenters. The van der Waals surface area contributed by atoms with Crippen molar-refractivity contribution < 1.29 is 17.6 Å². The van der Waals surface area contributed by atoms with Gasteiger partial charge in [-0.1, -0.05) is 0 Å². The van der Waals surface area contributed by atoms with E-state index in [0.717, 1.165) is 0 Å². The molecular formula is C14H16N2O4S. The largest absolute Gasteiger partial charge is 0.467 e. The second kappa shape index (κ2) is 6.45. The van der Waals surface area contributed by atoms with Crippen LogP contribution in [-0.4, -0.2) is 20.1 Å². The van der Waals surface area contributed by atoms with Gasteiger partial charge in [-0.15, -0.1) is 0 Å². The van der Waals surface area contributed by atoms with Gasteiger partial charge in [0, 0.05) is 11.3 Å². The SMILES string of the molecule is CCS(=O)(=O)Nc1ccc(C(=O)NCc2ccco2)cc1. The minimum atomic E-state index is -3.31. The zero-order valence-corrected chi connectivity index (χ0v) is 12.3. The summed E-state index contributed by atoms with van der Waals surface area (Å²) in [5.74, 6) is 0.408. The zero-order valence-electron chi connectivity index (χ0n) is 11.5. The van der Waals surface area contributed by atoms with Crippen LogP contribution < -0.4 is 10.0 Å². The highest BCUT2D eigenvalue weighted by molar-refractivity contribution is 7.92. The van der Waals surface area contributed by atoms with Gasteiger partial charge >= 0.3 is 0 Å². The van der Waals surface area contributed by atoms with Gasteiger partial charge in [-0.25, -0.2) is 8.42 Å². The van der Waals surface area contributed by atoms with Gasteiger partial charge in [0.1, 0.15) is 5.76 Å². The van der Waals surface area contributed by atoms with Crippen LogP contribution in [0.4, 0.5) is 5.69 Å². The Bertz CT molecular complexity index is 691. The summed E-state index contributed by atoms with van der Waals surface area (Å²) in [5.41, 5.74) is 0.875. The summed E-state index contributed by atoms with van der Waals surface area (Å²) >= 11 is 0. The molecule has 1 amide bonds. The van der Waals surface area contributed by atoms with Crippen LogP contribution in [0.3, 0.4) is 0 Å². The summed E-state index contributed by atoms with van der Waals surface area (Å²) in [6.45, 7) is 1.86. The first-order valence-electron chi connectivity index (χ1n) is 6.41. The molecule has 0 atom stereocenters. The van der Waals surface area contributed by atoms with E-state index < -0.39 is 10.0 Å². The van der Waals surface area contributed by atoms with Crippen molar-refractivity contribution in [1.82, 2.24) is 5.32 Å². The van der Waals surface area contributed by atoms with E-state index in [1.807, 2.05) is 0 Å². The second-order valence-corrected chi connectivity index (χ2v) is 6.36. The van der Waals surface area contributed by atoms with Crippen LogP contribution in [-0.2, 0) is 16.6 Å². The number of rotatable bonds is 6. The van der Waals surface area contributed by atoms with E-state index in [2.05, 4.69) is 10.0 Å². The smallest absolute Gasteiger partial charge is 0.251 e. The van der Waals surface area contributed by atoms with Crippen LogP contribution in [0, 0.1) is 0 Å². The zero-order chi connectivity index (χ0) is 15.3. The van der Waals surface area contributed by atoms with E-state index in [0.29, 0.717) is 23.6 Å². The summed E-state index contributed by atoms with van der Waals surface area (Å²) in [6, 6.07) is 9.74. The maximum absolute atomic E-state index is 11.9. The monoisotopic (exact) mass is 308 g/mol. The number of hydrogen-bond acceptors (Lipinski definition) is 4. The number of carbonyl (C=O) groups is 1. The van der Waals surface area contributed by atoms with Crippen LogP contribution >= 0.6 is 0 Å². The Morgan fingerprint density at radius 3 is 2.48 bits per heavy atom. The number of nitrogens with one attached hydrogen (secondary N) is 2. The van der Waals surface area contributed by atoms with Gasteiger partial charge in [0.05, 0.1) is 18.6 Å². The number of amides is 1. The summed E-state index contributed by atoms with van der Waals surface area (Å²) in [5, 5.41) is 2.71. The number of carbonyl (C=O) groups excluding carboxylic acids is 1. The minimum absolute atomic E-state index is 0.00160. The van der Waals surface area contributed by atoms with Crippen molar-refractivity contribution in [2.75, 3.05) is 10.5 Å². The summed E-state index contributed by atoms with van der Waals surface area (Å²) < 4.78 is 30.4. The van der Waals surface area contributed by atoms with Crippen molar-refractivity contribution in [2.45, 2.75) is 13.5 Å². The van der Waals surface area contributed by atoms with Crippen LogP contribution in [0.25, 0.3) is 0 Å². The lowest BCUT2D eigenvalue weighted by molar-refractivity contribution is 0.0948. The molecule has 0 spiro atoms. The fourth-order valence-corrected chi connectivity index (χ4v) is 2.26. The third-order valence-corrected chi connectivity index (χ3v) is 4.11. The highest BCUT2D eigenvalue weighted by Gasteiger charge is 2.09. The standard InChI is InChI=1S/C14H16N2O4S/c1-2-21(18,19)16-12-7-5-11(6-8-12)14(17)15-10-13-4-3-9-20-13/h3-9,16H,2,10H2,1H3,(H,15,17). The summed E-state index contributed by atoms with van der Waals surface area (Å²) in [6.07, 6.45) is 1.54. The molecule has 0 bridgehead atoms. The molecule has 0 saturated heterocycles. The maximum atomic E-state index is 11.9. The number of anilines is 1. The fourth-order valence-electron chi connectivity index (χ4n) is 1.62. The summed E-state index contributed by atoms with van der Waals surface area (Å²) in [7, 11) is -3.31. The third-order valence-electron chi connectivity index (χ3n) is 2.80. The lowest BCUT2D eigenvalue weighted by Crippen LogP contribution is -2.22. The van der Waals surface area contributed by atoms with Crippen molar-refractivity contribution >= 4 is 21.6 Å².